The number of thiazole rings is 1. The summed E-state index contributed by atoms with van der Waals surface area (Å²) in [7, 11) is 1.83. The normalized spacial score (nSPS) is 15.6. The summed E-state index contributed by atoms with van der Waals surface area (Å²) in [6.07, 6.45) is 2.06. The highest BCUT2D eigenvalue weighted by Gasteiger charge is 2.16. The highest BCUT2D eigenvalue weighted by atomic mass is 32.1. The number of nitrogens with zero attached hydrogens (tertiary/aromatic N) is 4. The Kier molecular flexibility index (Phi) is 8.31. The Labute approximate surface area is 179 Å². The van der Waals surface area contributed by atoms with Gasteiger partial charge in [0.2, 0.25) is 0 Å². The Morgan fingerprint density at radius 2 is 1.79 bits per heavy atom. The molecule has 0 bridgehead atoms. The molecule has 1 fully saturated rings. The number of hydrogen-bond donors (Lipinski definition) is 2. The van der Waals surface area contributed by atoms with Crippen molar-refractivity contribution in [1.82, 2.24) is 20.5 Å². The van der Waals surface area contributed by atoms with Crippen LogP contribution in [0.3, 0.4) is 0 Å². The molecule has 7 heteroatoms. The third-order valence-electron chi connectivity index (χ3n) is 5.36. The van der Waals surface area contributed by atoms with Crippen molar-refractivity contribution in [3.63, 3.8) is 0 Å². The molecule has 0 amide bonds. The first-order chi connectivity index (χ1) is 14.2. The molecule has 2 N–H and O–H groups in total. The molecule has 1 aliphatic heterocycles. The van der Waals surface area contributed by atoms with E-state index in [1.54, 1.807) is 11.3 Å². The SMILES string of the molecule is CN=C(NCCCN1CCN(c2ccccc2)CC1)NCCc1nc(C)c(C)s1. The highest BCUT2D eigenvalue weighted by Crippen LogP contribution is 2.16. The Hall–Kier alpha value is -2.12. The first-order valence-electron chi connectivity index (χ1n) is 10.6. The van der Waals surface area contributed by atoms with Gasteiger partial charge in [-0.2, -0.15) is 0 Å². The van der Waals surface area contributed by atoms with Crippen LogP contribution in [-0.4, -0.2) is 68.7 Å². The topological polar surface area (TPSA) is 55.8 Å². The zero-order valence-electron chi connectivity index (χ0n) is 17.9. The number of para-hydroxylation sites is 1. The number of anilines is 1. The van der Waals surface area contributed by atoms with Crippen LogP contribution in [0.1, 0.15) is 22.0 Å². The molecule has 2 heterocycles. The van der Waals surface area contributed by atoms with Crippen LogP contribution in [0.15, 0.2) is 35.3 Å². The minimum Gasteiger partial charge on any atom is -0.369 e. The fourth-order valence-corrected chi connectivity index (χ4v) is 4.47. The average molecular weight is 415 g/mol. The van der Waals surface area contributed by atoms with Crippen LogP contribution in [-0.2, 0) is 6.42 Å². The molecule has 0 spiro atoms. The number of rotatable bonds is 8. The van der Waals surface area contributed by atoms with E-state index in [0.717, 1.165) is 70.3 Å². The lowest BCUT2D eigenvalue weighted by atomic mass is 10.2. The van der Waals surface area contributed by atoms with Crippen molar-refractivity contribution in [3.8, 4) is 0 Å². The van der Waals surface area contributed by atoms with Crippen molar-refractivity contribution >= 4 is 23.0 Å². The maximum absolute atomic E-state index is 4.59. The Morgan fingerprint density at radius 1 is 1.07 bits per heavy atom. The lowest BCUT2D eigenvalue weighted by molar-refractivity contribution is 0.255. The molecule has 0 unspecified atom stereocenters. The summed E-state index contributed by atoms with van der Waals surface area (Å²) in [5.74, 6) is 0.879. The van der Waals surface area contributed by atoms with Gasteiger partial charge in [0, 0.05) is 63.3 Å². The molecule has 0 atom stereocenters. The molecule has 1 aromatic carbocycles. The maximum Gasteiger partial charge on any atom is 0.190 e. The molecule has 1 aliphatic rings. The van der Waals surface area contributed by atoms with Gasteiger partial charge >= 0.3 is 0 Å². The lowest BCUT2D eigenvalue weighted by Gasteiger charge is -2.36. The standard InChI is InChI=1S/C22H34N6S/c1-18-19(2)29-21(26-18)10-12-25-22(23-3)24-11-7-13-27-14-16-28(17-15-27)20-8-5-4-6-9-20/h4-6,8-9H,7,10-17H2,1-3H3,(H2,23,24,25). The van der Waals surface area contributed by atoms with Gasteiger partial charge in [0.05, 0.1) is 10.7 Å². The van der Waals surface area contributed by atoms with Crippen LogP contribution < -0.4 is 15.5 Å². The number of hydrogen-bond acceptors (Lipinski definition) is 5. The van der Waals surface area contributed by atoms with E-state index in [-0.39, 0.29) is 0 Å². The summed E-state index contributed by atoms with van der Waals surface area (Å²) >= 11 is 1.79. The van der Waals surface area contributed by atoms with Gasteiger partial charge in [-0.1, -0.05) is 18.2 Å². The van der Waals surface area contributed by atoms with Gasteiger partial charge in [-0.25, -0.2) is 4.98 Å². The monoisotopic (exact) mass is 414 g/mol. The Balaban J connectivity index is 1.27. The van der Waals surface area contributed by atoms with E-state index in [1.165, 1.54) is 15.6 Å². The van der Waals surface area contributed by atoms with Gasteiger partial charge in [0.15, 0.2) is 5.96 Å². The first-order valence-corrected chi connectivity index (χ1v) is 11.4. The third kappa shape index (κ3) is 6.72. The minimum absolute atomic E-state index is 0.855. The number of piperazine rings is 1. The van der Waals surface area contributed by atoms with E-state index in [9.17, 15) is 0 Å². The fourth-order valence-electron chi connectivity index (χ4n) is 3.53. The van der Waals surface area contributed by atoms with Crippen molar-refractivity contribution in [2.45, 2.75) is 26.7 Å². The molecule has 1 saturated heterocycles. The summed E-state index contributed by atoms with van der Waals surface area (Å²) in [5, 5.41) is 8.02. The van der Waals surface area contributed by atoms with Crippen molar-refractivity contribution in [1.29, 1.82) is 0 Å². The van der Waals surface area contributed by atoms with Crippen molar-refractivity contribution in [3.05, 3.63) is 45.9 Å². The molecule has 2 aromatic rings. The number of aryl methyl sites for hydroxylation is 2. The Morgan fingerprint density at radius 3 is 2.45 bits per heavy atom. The van der Waals surface area contributed by atoms with Crippen LogP contribution >= 0.6 is 11.3 Å². The summed E-state index contributed by atoms with van der Waals surface area (Å²) in [6, 6.07) is 10.7. The quantitative estimate of drug-likeness (QED) is 0.395. The van der Waals surface area contributed by atoms with Gasteiger partial charge in [-0.15, -0.1) is 11.3 Å². The second kappa shape index (κ2) is 11.2. The summed E-state index contributed by atoms with van der Waals surface area (Å²) in [5.41, 5.74) is 2.49. The van der Waals surface area contributed by atoms with Crippen LogP contribution in [0, 0.1) is 13.8 Å². The fraction of sp³-hybridized carbons (Fsp3) is 0.545. The molecule has 29 heavy (non-hydrogen) atoms. The molecule has 0 saturated carbocycles. The predicted octanol–water partition coefficient (Wildman–Crippen LogP) is 2.68. The highest BCUT2D eigenvalue weighted by molar-refractivity contribution is 7.11. The molecule has 1 aromatic heterocycles. The van der Waals surface area contributed by atoms with Gasteiger partial charge in [-0.05, 0) is 38.9 Å². The Bertz CT molecular complexity index is 745. The second-order valence-electron chi connectivity index (χ2n) is 7.44. The van der Waals surface area contributed by atoms with Crippen LogP contribution in [0.2, 0.25) is 0 Å². The molecular weight excluding hydrogens is 380 g/mol. The van der Waals surface area contributed by atoms with Gasteiger partial charge in [0.25, 0.3) is 0 Å². The molecule has 3 rings (SSSR count). The van der Waals surface area contributed by atoms with E-state index in [4.69, 9.17) is 0 Å². The van der Waals surface area contributed by atoms with Crippen molar-refractivity contribution < 1.29 is 0 Å². The van der Waals surface area contributed by atoms with E-state index < -0.39 is 0 Å². The lowest BCUT2D eigenvalue weighted by Crippen LogP contribution is -2.47. The number of benzene rings is 1. The molecular formula is C22H34N6S. The number of aliphatic imine (C=N–C) groups is 1. The largest absolute Gasteiger partial charge is 0.369 e. The van der Waals surface area contributed by atoms with E-state index in [1.807, 2.05) is 7.05 Å². The van der Waals surface area contributed by atoms with Crippen molar-refractivity contribution in [2.24, 2.45) is 4.99 Å². The number of aromatic nitrogens is 1. The van der Waals surface area contributed by atoms with Crippen LogP contribution in [0.25, 0.3) is 0 Å². The van der Waals surface area contributed by atoms with Gasteiger partial charge in [-0.3, -0.25) is 9.89 Å². The maximum atomic E-state index is 4.59. The van der Waals surface area contributed by atoms with E-state index in [2.05, 4.69) is 74.6 Å². The van der Waals surface area contributed by atoms with Crippen LogP contribution in [0.4, 0.5) is 5.69 Å². The summed E-state index contributed by atoms with van der Waals surface area (Å²) in [6.45, 7) is 11.6. The molecule has 158 valence electrons. The van der Waals surface area contributed by atoms with E-state index in [0.29, 0.717) is 0 Å². The number of nitrogens with one attached hydrogen (secondary N) is 2. The van der Waals surface area contributed by atoms with Gasteiger partial charge < -0.3 is 15.5 Å². The van der Waals surface area contributed by atoms with Crippen molar-refractivity contribution in [2.75, 3.05) is 57.8 Å². The molecule has 0 radical (unpaired) electrons. The van der Waals surface area contributed by atoms with Gasteiger partial charge in [0.1, 0.15) is 0 Å². The summed E-state index contributed by atoms with van der Waals surface area (Å²) < 4.78 is 0. The molecule has 0 aliphatic carbocycles. The minimum atomic E-state index is 0.855. The molecule has 6 nitrogen and oxygen atoms in total. The zero-order valence-corrected chi connectivity index (χ0v) is 18.8. The third-order valence-corrected chi connectivity index (χ3v) is 6.50. The smallest absolute Gasteiger partial charge is 0.190 e. The van der Waals surface area contributed by atoms with E-state index >= 15 is 0 Å². The first kappa shape index (κ1) is 21.6. The second-order valence-corrected chi connectivity index (χ2v) is 8.73. The average Bonchev–Trinajstić information content (AvgIpc) is 3.08. The summed E-state index contributed by atoms with van der Waals surface area (Å²) in [4.78, 5) is 15.3. The number of guanidine groups is 1. The van der Waals surface area contributed by atoms with Crippen LogP contribution in [0.5, 0.6) is 0 Å². The predicted molar refractivity (Wildman–Crippen MR) is 124 cm³/mol. The zero-order chi connectivity index (χ0) is 20.5.